The summed E-state index contributed by atoms with van der Waals surface area (Å²) in [7, 11) is 1.63. The minimum atomic E-state index is -4.64. The lowest BCUT2D eigenvalue weighted by Crippen LogP contribution is -2.41. The van der Waals surface area contributed by atoms with Crippen LogP contribution in [0.15, 0.2) is 113 Å². The molecule has 0 unspecified atom stereocenters. The lowest BCUT2D eigenvalue weighted by atomic mass is 10.0. The molecule has 0 radical (unpaired) electrons. The van der Waals surface area contributed by atoms with Gasteiger partial charge in [-0.2, -0.15) is 18.3 Å². The molecule has 0 atom stereocenters. The average molecular weight is 809 g/mol. The second-order valence-corrected chi connectivity index (χ2v) is 14.2. The number of ether oxygens (including phenoxy) is 1. The second kappa shape index (κ2) is 14.3. The van der Waals surface area contributed by atoms with Crippen molar-refractivity contribution in [2.45, 2.75) is 39.0 Å². The predicted molar refractivity (Wildman–Crippen MR) is 203 cm³/mol. The van der Waals surface area contributed by atoms with Crippen molar-refractivity contribution in [3.8, 4) is 22.7 Å². The summed E-state index contributed by atoms with van der Waals surface area (Å²) in [4.78, 5) is 29.7. The molecule has 278 valence electrons. The molecule has 1 amide bonds. The number of carbonyl (C=O) groups is 1. The van der Waals surface area contributed by atoms with E-state index in [1.807, 2.05) is 90.5 Å². The summed E-state index contributed by atoms with van der Waals surface area (Å²) in [6.45, 7) is 2.54. The third kappa shape index (κ3) is 6.82. The Labute approximate surface area is 321 Å². The minimum absolute atomic E-state index is 0.00593. The number of halogens is 4. The molecule has 4 heterocycles. The van der Waals surface area contributed by atoms with E-state index >= 15 is 0 Å². The van der Waals surface area contributed by atoms with E-state index in [1.165, 1.54) is 17.0 Å². The van der Waals surface area contributed by atoms with Crippen LogP contribution >= 0.6 is 15.9 Å². The third-order valence-electron chi connectivity index (χ3n) is 9.90. The van der Waals surface area contributed by atoms with Gasteiger partial charge >= 0.3 is 6.18 Å². The Morgan fingerprint density at radius 2 is 1.69 bits per heavy atom. The monoisotopic (exact) mass is 807 g/mol. The van der Waals surface area contributed by atoms with Crippen LogP contribution in [0.5, 0.6) is 5.75 Å². The van der Waals surface area contributed by atoms with Crippen molar-refractivity contribution in [1.29, 1.82) is 0 Å². The van der Waals surface area contributed by atoms with Gasteiger partial charge in [0.1, 0.15) is 11.4 Å². The summed E-state index contributed by atoms with van der Waals surface area (Å²) >= 11 is 2.95. The Balaban J connectivity index is 1.18. The number of methoxy groups -OCH3 is 1. The molecular weight excluding hydrogens is 775 g/mol. The summed E-state index contributed by atoms with van der Waals surface area (Å²) < 4.78 is 51.5. The molecule has 1 aliphatic rings. The van der Waals surface area contributed by atoms with Crippen LogP contribution in [0.4, 0.5) is 13.2 Å². The van der Waals surface area contributed by atoms with Crippen LogP contribution in [0.1, 0.15) is 49.6 Å². The van der Waals surface area contributed by atoms with Crippen molar-refractivity contribution in [1.82, 2.24) is 34.1 Å². The normalized spacial score (nSPS) is 12.9. The quantitative estimate of drug-likeness (QED) is 0.156. The number of aromatic nitrogens is 6. The Bertz CT molecular complexity index is 2620. The number of rotatable bonds is 8. The highest BCUT2D eigenvalue weighted by Crippen LogP contribution is 2.36. The first-order chi connectivity index (χ1) is 26.5. The van der Waals surface area contributed by atoms with Crippen LogP contribution in [0.3, 0.4) is 0 Å². The molecule has 7 aromatic rings. The van der Waals surface area contributed by atoms with E-state index in [4.69, 9.17) is 9.84 Å². The van der Waals surface area contributed by atoms with Gasteiger partial charge < -0.3 is 9.64 Å². The molecule has 4 aromatic carbocycles. The van der Waals surface area contributed by atoms with Crippen molar-refractivity contribution in [3.63, 3.8) is 0 Å². The molecule has 0 spiro atoms. The predicted octanol–water partition coefficient (Wildman–Crippen LogP) is 7.68. The zero-order valence-electron chi connectivity index (χ0n) is 29.7. The van der Waals surface area contributed by atoms with E-state index in [2.05, 4.69) is 26.2 Å². The summed E-state index contributed by atoms with van der Waals surface area (Å²) in [6, 6.07) is 28.7. The molecule has 55 heavy (non-hydrogen) atoms. The van der Waals surface area contributed by atoms with Gasteiger partial charge in [0.15, 0.2) is 0 Å². The van der Waals surface area contributed by atoms with Gasteiger partial charge in [-0.25, -0.2) is 9.20 Å². The summed E-state index contributed by atoms with van der Waals surface area (Å²) in [5, 5.41) is 13.5. The number of hydrogen-bond acceptors (Lipinski definition) is 6. The zero-order chi connectivity index (χ0) is 38.4. The van der Waals surface area contributed by atoms with Gasteiger partial charge in [-0.05, 0) is 66.9 Å². The maximum atomic E-state index is 14.6. The van der Waals surface area contributed by atoms with E-state index < -0.39 is 17.6 Å². The number of amides is 1. The maximum Gasteiger partial charge on any atom is 0.417 e. The van der Waals surface area contributed by atoms with Crippen LogP contribution in [-0.2, 0) is 32.1 Å². The number of alkyl halides is 3. The molecule has 3 aromatic heterocycles. The van der Waals surface area contributed by atoms with E-state index in [0.717, 1.165) is 45.5 Å². The lowest BCUT2D eigenvalue weighted by molar-refractivity contribution is -0.138. The van der Waals surface area contributed by atoms with Crippen molar-refractivity contribution in [2.24, 2.45) is 0 Å². The topological polar surface area (TPSA) is 99.5 Å². The van der Waals surface area contributed by atoms with Gasteiger partial charge in [0.2, 0.25) is 0 Å². The molecular formula is C41H33BrF3N7O3. The molecule has 0 fully saturated rings. The molecule has 1 aliphatic heterocycles. The largest absolute Gasteiger partial charge is 0.497 e. The molecule has 0 saturated heterocycles. The van der Waals surface area contributed by atoms with Gasteiger partial charge in [0.05, 0.1) is 54.7 Å². The SMILES string of the molecule is COc1ccc(Cn2nnc(C)c2-c2ccc(-n3c(=O)c4c(n5ncc(Cc6ccccc6)c35)CN(C(=O)c3ccc(Br)c(C(F)(F)F)c3)CC4)cc2)cc1. The highest BCUT2D eigenvalue weighted by atomic mass is 79.9. The van der Waals surface area contributed by atoms with E-state index in [-0.39, 0.29) is 35.1 Å². The molecule has 10 nitrogen and oxygen atoms in total. The van der Waals surface area contributed by atoms with Gasteiger partial charge in [-0.3, -0.25) is 14.2 Å². The van der Waals surface area contributed by atoms with Crippen molar-refractivity contribution in [3.05, 3.63) is 163 Å². The van der Waals surface area contributed by atoms with Crippen LogP contribution in [0, 0.1) is 6.92 Å². The summed E-state index contributed by atoms with van der Waals surface area (Å²) in [6.07, 6.45) is -2.24. The van der Waals surface area contributed by atoms with Gasteiger partial charge in [-0.1, -0.05) is 75.7 Å². The Kier molecular flexibility index (Phi) is 9.37. The van der Waals surface area contributed by atoms with Crippen molar-refractivity contribution >= 4 is 27.5 Å². The second-order valence-electron chi connectivity index (χ2n) is 13.4. The first kappa shape index (κ1) is 36.0. The minimum Gasteiger partial charge on any atom is -0.497 e. The Hall–Kier alpha value is -6.02. The third-order valence-corrected chi connectivity index (χ3v) is 10.6. The lowest BCUT2D eigenvalue weighted by Gasteiger charge is -2.30. The fourth-order valence-electron chi connectivity index (χ4n) is 7.17. The van der Waals surface area contributed by atoms with Crippen molar-refractivity contribution in [2.75, 3.05) is 13.7 Å². The van der Waals surface area contributed by atoms with E-state index in [9.17, 15) is 22.8 Å². The molecule has 0 aliphatic carbocycles. The highest BCUT2D eigenvalue weighted by Gasteiger charge is 2.35. The van der Waals surface area contributed by atoms with E-state index in [0.29, 0.717) is 35.6 Å². The molecule has 8 rings (SSSR count). The number of nitrogens with zero attached hydrogens (tertiary/aromatic N) is 7. The number of fused-ring (bicyclic) bond motifs is 3. The zero-order valence-corrected chi connectivity index (χ0v) is 31.3. The van der Waals surface area contributed by atoms with Crippen LogP contribution in [0.25, 0.3) is 22.6 Å². The number of aryl methyl sites for hydroxylation is 1. The standard InChI is InChI=1S/C41H33BrF3N7O3/c1-25-37(50(48-47-25)23-27-8-15-32(55-2)16-9-27)28-10-13-31(14-11-28)51-38-30(20-26-6-4-3-5-7-26)22-46-52(38)36-24-49(19-18-33(36)40(51)54)39(53)29-12-17-35(42)34(21-29)41(43,44)45/h3-17,21-22H,18-20,23-24H2,1-2H3. The molecule has 0 saturated carbocycles. The van der Waals surface area contributed by atoms with Crippen molar-refractivity contribution < 1.29 is 22.7 Å². The fourth-order valence-corrected chi connectivity index (χ4v) is 7.64. The maximum absolute atomic E-state index is 14.6. The first-order valence-corrected chi connectivity index (χ1v) is 18.3. The number of hydrogen-bond donors (Lipinski definition) is 0. The molecule has 0 bridgehead atoms. The Morgan fingerprint density at radius 1 is 0.945 bits per heavy atom. The van der Waals surface area contributed by atoms with Gasteiger partial charge in [0, 0.05) is 39.7 Å². The van der Waals surface area contributed by atoms with Gasteiger partial charge in [-0.15, -0.1) is 5.10 Å². The molecule has 14 heteroatoms. The van der Waals surface area contributed by atoms with Gasteiger partial charge in [0.25, 0.3) is 11.5 Å². The molecule has 0 N–H and O–H groups in total. The van der Waals surface area contributed by atoms with Crippen LogP contribution in [0.2, 0.25) is 0 Å². The number of carbonyl (C=O) groups excluding carboxylic acids is 1. The first-order valence-electron chi connectivity index (χ1n) is 17.5. The fraction of sp³-hybridized carbons (Fsp3) is 0.195. The van der Waals surface area contributed by atoms with E-state index in [1.54, 1.807) is 22.4 Å². The average Bonchev–Trinajstić information content (AvgIpc) is 3.77. The smallest absolute Gasteiger partial charge is 0.417 e. The number of benzene rings is 4. The Morgan fingerprint density at radius 3 is 2.40 bits per heavy atom. The summed E-state index contributed by atoms with van der Waals surface area (Å²) in [5.41, 5.74) is 6.20. The highest BCUT2D eigenvalue weighted by molar-refractivity contribution is 9.10. The van der Waals surface area contributed by atoms with Crippen LogP contribution in [-0.4, -0.2) is 53.6 Å². The summed E-state index contributed by atoms with van der Waals surface area (Å²) in [5.74, 6) is 0.199. The van der Waals surface area contributed by atoms with Crippen LogP contribution < -0.4 is 10.3 Å².